The molecule has 0 saturated carbocycles. The molecule has 5 heteroatoms. The summed E-state index contributed by atoms with van der Waals surface area (Å²) >= 11 is 0. The Morgan fingerprint density at radius 2 is 1.86 bits per heavy atom. The van der Waals surface area contributed by atoms with Crippen molar-refractivity contribution in [1.29, 1.82) is 0 Å². The molecule has 1 atom stereocenters. The minimum atomic E-state index is -0.839. The summed E-state index contributed by atoms with van der Waals surface area (Å²) in [5.74, 6) is -1.00. The largest absolute Gasteiger partial charge is 0.481 e. The van der Waals surface area contributed by atoms with E-state index in [9.17, 15) is 9.59 Å². The molecule has 0 heterocycles. The normalized spacial score (nSPS) is 12.7. The van der Waals surface area contributed by atoms with Gasteiger partial charge in [0.05, 0.1) is 5.41 Å². The molecule has 0 spiro atoms. The van der Waals surface area contributed by atoms with Gasteiger partial charge in [-0.05, 0) is 37.5 Å². The molecule has 21 heavy (non-hydrogen) atoms. The highest BCUT2D eigenvalue weighted by atomic mass is 16.4. The van der Waals surface area contributed by atoms with Crippen molar-refractivity contribution in [2.45, 2.75) is 39.0 Å². The van der Waals surface area contributed by atoms with Crippen LogP contribution in [-0.4, -0.2) is 23.5 Å². The van der Waals surface area contributed by atoms with Crippen LogP contribution in [0.5, 0.6) is 0 Å². The van der Waals surface area contributed by atoms with Crippen LogP contribution in [0.4, 0.5) is 5.69 Å². The molecule has 0 aliphatic heterocycles. The molecule has 0 saturated heterocycles. The first-order valence-corrected chi connectivity index (χ1v) is 7.13. The number of carboxylic acids is 1. The van der Waals surface area contributed by atoms with E-state index in [4.69, 9.17) is 10.8 Å². The van der Waals surface area contributed by atoms with E-state index in [2.05, 4.69) is 5.32 Å². The quantitative estimate of drug-likeness (QED) is 0.671. The first-order valence-electron chi connectivity index (χ1n) is 7.13. The van der Waals surface area contributed by atoms with Gasteiger partial charge in [0, 0.05) is 18.7 Å². The molecule has 1 unspecified atom stereocenters. The zero-order valence-corrected chi connectivity index (χ0v) is 12.8. The van der Waals surface area contributed by atoms with E-state index in [0.717, 1.165) is 12.0 Å². The third-order valence-corrected chi connectivity index (χ3v) is 3.79. The molecule has 5 nitrogen and oxygen atoms in total. The standard InChI is InChI=1S/C16H24N2O3/c1-4-11(9-14(19)20)10-18-15(21)16(2,3)12-5-7-13(17)8-6-12/h5-8,11H,4,9-10,17H2,1-3H3,(H,18,21)(H,19,20). The molecule has 1 aromatic carbocycles. The van der Waals surface area contributed by atoms with Crippen LogP contribution in [0.2, 0.25) is 0 Å². The number of anilines is 1. The Labute approximate surface area is 125 Å². The molecule has 1 rings (SSSR count). The second-order valence-electron chi connectivity index (χ2n) is 5.83. The van der Waals surface area contributed by atoms with Gasteiger partial charge in [-0.1, -0.05) is 25.5 Å². The fourth-order valence-corrected chi connectivity index (χ4v) is 2.10. The number of nitrogen functional groups attached to an aromatic ring is 1. The number of benzene rings is 1. The number of aliphatic carboxylic acids is 1. The van der Waals surface area contributed by atoms with Crippen molar-refractivity contribution in [2.75, 3.05) is 12.3 Å². The van der Waals surface area contributed by atoms with Crippen LogP contribution < -0.4 is 11.1 Å². The van der Waals surface area contributed by atoms with E-state index >= 15 is 0 Å². The summed E-state index contributed by atoms with van der Waals surface area (Å²) in [6, 6.07) is 7.21. The Hall–Kier alpha value is -2.04. The summed E-state index contributed by atoms with van der Waals surface area (Å²) in [4.78, 5) is 23.1. The van der Waals surface area contributed by atoms with Crippen LogP contribution in [-0.2, 0) is 15.0 Å². The van der Waals surface area contributed by atoms with E-state index in [0.29, 0.717) is 12.2 Å². The second-order valence-corrected chi connectivity index (χ2v) is 5.83. The van der Waals surface area contributed by atoms with Gasteiger partial charge in [0.2, 0.25) is 5.91 Å². The van der Waals surface area contributed by atoms with E-state index in [1.165, 1.54) is 0 Å². The van der Waals surface area contributed by atoms with Crippen molar-refractivity contribution in [1.82, 2.24) is 5.32 Å². The molecule has 0 bridgehead atoms. The Morgan fingerprint density at radius 3 is 2.33 bits per heavy atom. The molecule has 0 aromatic heterocycles. The lowest BCUT2D eigenvalue weighted by Gasteiger charge is -2.25. The highest BCUT2D eigenvalue weighted by Crippen LogP contribution is 2.24. The van der Waals surface area contributed by atoms with Gasteiger partial charge in [0.1, 0.15) is 0 Å². The summed E-state index contributed by atoms with van der Waals surface area (Å²) in [6.07, 6.45) is 0.786. The first-order chi connectivity index (χ1) is 9.77. The van der Waals surface area contributed by atoms with Gasteiger partial charge in [-0.15, -0.1) is 0 Å². The Bertz CT molecular complexity index is 495. The molecule has 1 amide bonds. The predicted octanol–water partition coefficient (Wildman–Crippen LogP) is 2.16. The number of carboxylic acid groups (broad SMARTS) is 1. The molecule has 0 aliphatic carbocycles. The van der Waals surface area contributed by atoms with Gasteiger partial charge in [0.25, 0.3) is 0 Å². The van der Waals surface area contributed by atoms with Crippen molar-refractivity contribution >= 4 is 17.6 Å². The number of hydrogen-bond donors (Lipinski definition) is 3. The lowest BCUT2D eigenvalue weighted by Crippen LogP contribution is -2.42. The predicted molar refractivity (Wildman–Crippen MR) is 82.9 cm³/mol. The van der Waals surface area contributed by atoms with Crippen LogP contribution in [0.25, 0.3) is 0 Å². The Morgan fingerprint density at radius 1 is 1.29 bits per heavy atom. The number of carbonyl (C=O) groups is 2. The highest BCUT2D eigenvalue weighted by molar-refractivity contribution is 5.87. The van der Waals surface area contributed by atoms with Gasteiger partial charge in [-0.2, -0.15) is 0 Å². The summed E-state index contributed by atoms with van der Waals surface area (Å²) in [5.41, 5.74) is 6.50. The van der Waals surface area contributed by atoms with Gasteiger partial charge < -0.3 is 16.2 Å². The molecular formula is C16H24N2O3. The van der Waals surface area contributed by atoms with Crippen LogP contribution in [0.1, 0.15) is 39.2 Å². The van der Waals surface area contributed by atoms with Crippen LogP contribution in [0.15, 0.2) is 24.3 Å². The number of nitrogens with two attached hydrogens (primary N) is 1. The molecule has 0 aliphatic rings. The number of nitrogens with one attached hydrogen (secondary N) is 1. The average Bonchev–Trinajstić information content (AvgIpc) is 2.43. The zero-order chi connectivity index (χ0) is 16.0. The maximum atomic E-state index is 12.4. The van der Waals surface area contributed by atoms with E-state index < -0.39 is 11.4 Å². The third-order valence-electron chi connectivity index (χ3n) is 3.79. The Kier molecular flexibility index (Phi) is 5.76. The zero-order valence-electron chi connectivity index (χ0n) is 12.8. The van der Waals surface area contributed by atoms with Crippen molar-refractivity contribution in [3.63, 3.8) is 0 Å². The molecule has 4 N–H and O–H groups in total. The SMILES string of the molecule is CCC(CNC(=O)C(C)(C)c1ccc(N)cc1)CC(=O)O. The van der Waals surface area contributed by atoms with E-state index in [1.54, 1.807) is 12.1 Å². The van der Waals surface area contributed by atoms with Gasteiger partial charge in [-0.25, -0.2) is 0 Å². The second kappa shape index (κ2) is 7.11. The number of rotatable bonds is 7. The van der Waals surface area contributed by atoms with Gasteiger partial charge in [-0.3, -0.25) is 9.59 Å². The Balaban J connectivity index is 2.68. The van der Waals surface area contributed by atoms with Crippen molar-refractivity contribution in [3.05, 3.63) is 29.8 Å². The topological polar surface area (TPSA) is 92.4 Å². The summed E-state index contributed by atoms with van der Waals surface area (Å²) in [7, 11) is 0. The van der Waals surface area contributed by atoms with Crippen molar-refractivity contribution in [2.24, 2.45) is 5.92 Å². The molecule has 0 radical (unpaired) electrons. The molecular weight excluding hydrogens is 268 g/mol. The summed E-state index contributed by atoms with van der Waals surface area (Å²) in [6.45, 7) is 5.98. The smallest absolute Gasteiger partial charge is 0.303 e. The summed E-state index contributed by atoms with van der Waals surface area (Å²) in [5, 5.41) is 11.7. The van der Waals surface area contributed by atoms with E-state index in [-0.39, 0.29) is 18.2 Å². The fourth-order valence-electron chi connectivity index (χ4n) is 2.10. The lowest BCUT2D eigenvalue weighted by atomic mass is 9.83. The van der Waals surface area contributed by atoms with Crippen LogP contribution in [0, 0.1) is 5.92 Å². The lowest BCUT2D eigenvalue weighted by molar-refractivity contribution is -0.138. The van der Waals surface area contributed by atoms with Crippen LogP contribution in [0.3, 0.4) is 0 Å². The minimum Gasteiger partial charge on any atom is -0.481 e. The highest BCUT2D eigenvalue weighted by Gasteiger charge is 2.29. The third kappa shape index (κ3) is 4.77. The number of amides is 1. The van der Waals surface area contributed by atoms with Crippen LogP contribution >= 0.6 is 0 Å². The van der Waals surface area contributed by atoms with E-state index in [1.807, 2.05) is 32.9 Å². The van der Waals surface area contributed by atoms with Crippen molar-refractivity contribution in [3.8, 4) is 0 Å². The average molecular weight is 292 g/mol. The number of hydrogen-bond acceptors (Lipinski definition) is 3. The first kappa shape index (κ1) is 17.0. The number of carbonyl (C=O) groups excluding carboxylic acids is 1. The molecule has 1 aromatic rings. The molecule has 0 fully saturated rings. The monoisotopic (exact) mass is 292 g/mol. The fraction of sp³-hybridized carbons (Fsp3) is 0.500. The van der Waals surface area contributed by atoms with Gasteiger partial charge in [0.15, 0.2) is 0 Å². The molecule has 116 valence electrons. The maximum Gasteiger partial charge on any atom is 0.303 e. The van der Waals surface area contributed by atoms with Gasteiger partial charge >= 0.3 is 5.97 Å². The van der Waals surface area contributed by atoms with Crippen molar-refractivity contribution < 1.29 is 14.7 Å². The minimum absolute atomic E-state index is 0.0475. The summed E-state index contributed by atoms with van der Waals surface area (Å²) < 4.78 is 0. The maximum absolute atomic E-state index is 12.4.